The number of nitrogens with zero attached hydrogens (tertiary/aromatic N) is 2. The third kappa shape index (κ3) is 4.30. The van der Waals surface area contributed by atoms with Crippen molar-refractivity contribution in [1.82, 2.24) is 19.8 Å². The van der Waals surface area contributed by atoms with Crippen LogP contribution in [0.1, 0.15) is 44.9 Å². The van der Waals surface area contributed by atoms with E-state index in [2.05, 4.69) is 10.6 Å². The van der Waals surface area contributed by atoms with Gasteiger partial charge < -0.3 is 15.5 Å². The van der Waals surface area contributed by atoms with Gasteiger partial charge in [-0.25, -0.2) is 13.2 Å². The van der Waals surface area contributed by atoms with Gasteiger partial charge in [0.1, 0.15) is 0 Å². The lowest BCUT2D eigenvalue weighted by molar-refractivity contribution is -0.132. The van der Waals surface area contributed by atoms with Crippen molar-refractivity contribution in [3.63, 3.8) is 0 Å². The van der Waals surface area contributed by atoms with Gasteiger partial charge in [-0.2, -0.15) is 4.31 Å². The Morgan fingerprint density at radius 3 is 2.00 bits per heavy atom. The predicted octanol–water partition coefficient (Wildman–Crippen LogP) is 0.748. The van der Waals surface area contributed by atoms with E-state index >= 15 is 0 Å². The second-order valence-corrected chi connectivity index (χ2v) is 11.4. The maximum Gasteiger partial charge on any atom is 0.315 e. The van der Waals surface area contributed by atoms with Crippen molar-refractivity contribution in [2.75, 3.05) is 39.0 Å². The average molecular weight is 413 g/mol. The summed E-state index contributed by atoms with van der Waals surface area (Å²) in [6.07, 6.45) is 8.77. The van der Waals surface area contributed by atoms with Crippen molar-refractivity contribution in [3.05, 3.63) is 0 Å². The Morgan fingerprint density at radius 1 is 0.964 bits per heavy atom. The van der Waals surface area contributed by atoms with Gasteiger partial charge in [0.15, 0.2) is 0 Å². The molecule has 0 unspecified atom stereocenters. The molecule has 5 aliphatic rings. The van der Waals surface area contributed by atoms with Crippen LogP contribution in [0.25, 0.3) is 0 Å². The zero-order chi connectivity index (χ0) is 19.9. The summed E-state index contributed by atoms with van der Waals surface area (Å²) >= 11 is 0. The van der Waals surface area contributed by atoms with Crippen LogP contribution in [0.5, 0.6) is 0 Å². The van der Waals surface area contributed by atoms with E-state index in [4.69, 9.17) is 0 Å². The lowest BCUT2D eigenvalue weighted by atomic mass is 9.53. The lowest BCUT2D eigenvalue weighted by Gasteiger charge is -2.56. The molecule has 1 saturated heterocycles. The topological polar surface area (TPSA) is 98.8 Å². The van der Waals surface area contributed by atoms with Crippen LogP contribution in [0.2, 0.25) is 0 Å². The molecule has 0 aromatic carbocycles. The van der Waals surface area contributed by atoms with Crippen LogP contribution in [0.4, 0.5) is 4.79 Å². The molecule has 0 aromatic rings. The van der Waals surface area contributed by atoms with Crippen molar-refractivity contribution in [1.29, 1.82) is 0 Å². The van der Waals surface area contributed by atoms with E-state index in [1.165, 1.54) is 29.8 Å². The van der Waals surface area contributed by atoms with Crippen LogP contribution in [-0.4, -0.2) is 74.1 Å². The first-order valence-electron chi connectivity index (χ1n) is 10.5. The molecule has 28 heavy (non-hydrogen) atoms. The van der Waals surface area contributed by atoms with Gasteiger partial charge in [0.2, 0.25) is 15.9 Å². The van der Waals surface area contributed by atoms with Gasteiger partial charge in [0.25, 0.3) is 0 Å². The number of carbonyl (C=O) groups excluding carboxylic acids is 2. The highest BCUT2D eigenvalue weighted by Crippen LogP contribution is 2.55. The first kappa shape index (κ1) is 19.9. The Bertz CT molecular complexity index is 695. The molecule has 4 saturated carbocycles. The maximum absolute atomic E-state index is 12.4. The number of rotatable bonds is 5. The van der Waals surface area contributed by atoms with Crippen LogP contribution in [0.15, 0.2) is 0 Å². The molecule has 3 amide bonds. The molecule has 1 heterocycles. The summed E-state index contributed by atoms with van der Waals surface area (Å²) in [6.45, 7) is 1.80. The first-order valence-corrected chi connectivity index (χ1v) is 12.4. The molecule has 2 N–H and O–H groups in total. The van der Waals surface area contributed by atoms with E-state index in [0.717, 1.165) is 37.0 Å². The van der Waals surface area contributed by atoms with Crippen molar-refractivity contribution < 1.29 is 18.0 Å². The molecular weight excluding hydrogens is 380 g/mol. The number of sulfonamides is 1. The smallest absolute Gasteiger partial charge is 0.315 e. The third-order valence-corrected chi connectivity index (χ3v) is 8.40. The summed E-state index contributed by atoms with van der Waals surface area (Å²) in [7, 11) is -3.20. The molecule has 0 spiro atoms. The minimum Gasteiger partial charge on any atom is -0.340 e. The van der Waals surface area contributed by atoms with E-state index in [1.807, 2.05) is 0 Å². The fourth-order valence-electron chi connectivity index (χ4n) is 6.26. The molecule has 9 heteroatoms. The van der Waals surface area contributed by atoms with Gasteiger partial charge in [0.05, 0.1) is 6.26 Å². The van der Waals surface area contributed by atoms with Gasteiger partial charge in [-0.05, 0) is 56.3 Å². The van der Waals surface area contributed by atoms with E-state index in [-0.39, 0.29) is 23.9 Å². The van der Waals surface area contributed by atoms with Gasteiger partial charge in [-0.3, -0.25) is 4.79 Å². The molecule has 0 atom stereocenters. The number of amides is 3. The molecule has 5 fully saturated rings. The molecule has 5 rings (SSSR count). The molecule has 4 bridgehead atoms. The molecule has 8 nitrogen and oxygen atoms in total. The molecule has 0 aromatic heterocycles. The Morgan fingerprint density at radius 2 is 1.50 bits per heavy atom. The van der Waals surface area contributed by atoms with Crippen molar-refractivity contribution in [2.45, 2.75) is 50.5 Å². The normalized spacial score (nSPS) is 35.0. The fraction of sp³-hybridized carbons (Fsp3) is 0.895. The number of piperazine rings is 1. The van der Waals surface area contributed by atoms with E-state index in [9.17, 15) is 18.0 Å². The van der Waals surface area contributed by atoms with Crippen molar-refractivity contribution >= 4 is 22.0 Å². The second-order valence-electron chi connectivity index (χ2n) is 9.37. The lowest BCUT2D eigenvalue weighted by Crippen LogP contribution is -2.61. The standard InChI is InChI=1S/C19H32N4O4S/c1-28(26,27)23-6-4-22(5-7-23)17(24)2-3-20-18(25)21-19-11-14-8-15(12-19)10-16(9-14)13-19/h14-16H,2-13H2,1H3,(H2,20,21,25). The summed E-state index contributed by atoms with van der Waals surface area (Å²) in [5, 5.41) is 6.11. The summed E-state index contributed by atoms with van der Waals surface area (Å²) in [5.74, 6) is 2.29. The summed E-state index contributed by atoms with van der Waals surface area (Å²) in [4.78, 5) is 26.4. The Balaban J connectivity index is 1.18. The van der Waals surface area contributed by atoms with Crippen LogP contribution < -0.4 is 10.6 Å². The van der Waals surface area contributed by atoms with Crippen LogP contribution in [0.3, 0.4) is 0 Å². The highest BCUT2D eigenvalue weighted by Gasteiger charge is 2.51. The molecule has 1 aliphatic heterocycles. The van der Waals surface area contributed by atoms with Gasteiger partial charge in [-0.15, -0.1) is 0 Å². The largest absolute Gasteiger partial charge is 0.340 e. The fourth-order valence-corrected chi connectivity index (χ4v) is 7.09. The SMILES string of the molecule is CS(=O)(=O)N1CCN(C(=O)CCNC(=O)NC23CC4CC(CC(C4)C2)C3)CC1. The first-order chi connectivity index (χ1) is 13.2. The number of carbonyl (C=O) groups is 2. The highest BCUT2D eigenvalue weighted by atomic mass is 32.2. The third-order valence-electron chi connectivity index (χ3n) is 7.10. The minimum absolute atomic E-state index is 0.0230. The van der Waals surface area contributed by atoms with E-state index in [1.54, 1.807) is 4.90 Å². The molecular formula is C19H32N4O4S. The van der Waals surface area contributed by atoms with Gasteiger partial charge in [-0.1, -0.05) is 0 Å². The zero-order valence-corrected chi connectivity index (χ0v) is 17.5. The second kappa shape index (κ2) is 7.48. The number of urea groups is 1. The quantitative estimate of drug-likeness (QED) is 0.696. The van der Waals surface area contributed by atoms with Gasteiger partial charge >= 0.3 is 6.03 Å². The predicted molar refractivity (Wildman–Crippen MR) is 105 cm³/mol. The number of hydrogen-bond acceptors (Lipinski definition) is 4. The van der Waals surface area contributed by atoms with Gasteiger partial charge in [0, 0.05) is 44.7 Å². The Hall–Kier alpha value is -1.35. The Labute approximate surface area is 167 Å². The maximum atomic E-state index is 12.4. The van der Waals surface area contributed by atoms with E-state index < -0.39 is 10.0 Å². The minimum atomic E-state index is -3.20. The van der Waals surface area contributed by atoms with Crippen LogP contribution in [0, 0.1) is 17.8 Å². The average Bonchev–Trinajstić information content (AvgIpc) is 2.59. The summed E-state index contributed by atoms with van der Waals surface area (Å²) in [6, 6.07) is -0.156. The molecule has 158 valence electrons. The zero-order valence-electron chi connectivity index (χ0n) is 16.7. The number of hydrogen-bond donors (Lipinski definition) is 2. The molecule has 0 radical (unpaired) electrons. The monoisotopic (exact) mass is 412 g/mol. The van der Waals surface area contributed by atoms with Crippen LogP contribution in [-0.2, 0) is 14.8 Å². The van der Waals surface area contributed by atoms with Crippen LogP contribution >= 0.6 is 0 Å². The summed E-state index contributed by atoms with van der Waals surface area (Å²) in [5.41, 5.74) is -0.0230. The Kier molecular flexibility index (Phi) is 5.33. The summed E-state index contributed by atoms with van der Waals surface area (Å²) < 4.78 is 24.5. The van der Waals surface area contributed by atoms with Crippen molar-refractivity contribution in [3.8, 4) is 0 Å². The highest BCUT2D eigenvalue weighted by molar-refractivity contribution is 7.88. The number of nitrogens with one attached hydrogen (secondary N) is 2. The van der Waals surface area contributed by atoms with E-state index in [0.29, 0.717) is 32.7 Å². The van der Waals surface area contributed by atoms with Crippen molar-refractivity contribution in [2.24, 2.45) is 17.8 Å². The molecule has 4 aliphatic carbocycles.